The van der Waals surface area contributed by atoms with Gasteiger partial charge in [-0.3, -0.25) is 4.90 Å². The lowest BCUT2D eigenvalue weighted by Crippen LogP contribution is -2.42. The van der Waals surface area contributed by atoms with E-state index in [1.807, 2.05) is 23.9 Å². The Balaban J connectivity index is 1.53. The molecule has 1 aliphatic heterocycles. The zero-order valence-electron chi connectivity index (χ0n) is 17.9. The van der Waals surface area contributed by atoms with Crippen LogP contribution in [0.5, 0.6) is 5.75 Å². The molecule has 2 fully saturated rings. The van der Waals surface area contributed by atoms with Gasteiger partial charge in [0.15, 0.2) is 5.96 Å². The number of nitrogens with zero attached hydrogens (tertiary/aromatic N) is 2. The summed E-state index contributed by atoms with van der Waals surface area (Å²) in [4.78, 5) is 7.23. The van der Waals surface area contributed by atoms with E-state index in [0.29, 0.717) is 19.2 Å². The second kappa shape index (κ2) is 12.3. The molecule has 2 aliphatic rings. The minimum Gasteiger partial charge on any atom is -0.492 e. The fourth-order valence-electron chi connectivity index (χ4n) is 3.85. The minimum absolute atomic E-state index is 0.519. The van der Waals surface area contributed by atoms with E-state index in [4.69, 9.17) is 14.5 Å². The van der Waals surface area contributed by atoms with Gasteiger partial charge in [0.1, 0.15) is 12.4 Å². The lowest BCUT2D eigenvalue weighted by molar-refractivity contribution is 0.0322. The van der Waals surface area contributed by atoms with Crippen LogP contribution in [0, 0.1) is 0 Å². The fourth-order valence-corrected chi connectivity index (χ4v) is 4.64. The molecule has 0 spiro atoms. The normalized spacial score (nSPS) is 23.2. The minimum atomic E-state index is 0.519. The van der Waals surface area contributed by atoms with Crippen molar-refractivity contribution < 1.29 is 9.47 Å². The van der Waals surface area contributed by atoms with Crippen LogP contribution >= 0.6 is 11.8 Å². The Morgan fingerprint density at radius 1 is 1.28 bits per heavy atom. The van der Waals surface area contributed by atoms with Gasteiger partial charge in [-0.15, -0.1) is 0 Å². The van der Waals surface area contributed by atoms with Gasteiger partial charge in [-0.1, -0.05) is 18.2 Å². The van der Waals surface area contributed by atoms with Crippen LogP contribution in [0.4, 0.5) is 0 Å². The van der Waals surface area contributed by atoms with Crippen molar-refractivity contribution in [2.45, 2.75) is 44.0 Å². The summed E-state index contributed by atoms with van der Waals surface area (Å²) < 4.78 is 11.5. The van der Waals surface area contributed by atoms with E-state index in [2.05, 4.69) is 40.8 Å². The highest BCUT2D eigenvalue weighted by Gasteiger charge is 2.24. The second-order valence-electron chi connectivity index (χ2n) is 7.62. The predicted molar refractivity (Wildman–Crippen MR) is 122 cm³/mol. The predicted octanol–water partition coefficient (Wildman–Crippen LogP) is 2.74. The Labute approximate surface area is 179 Å². The van der Waals surface area contributed by atoms with Gasteiger partial charge in [-0.25, -0.2) is 4.99 Å². The number of hydrogen-bond donors (Lipinski definition) is 2. The molecule has 2 unspecified atom stereocenters. The van der Waals surface area contributed by atoms with Crippen molar-refractivity contribution >= 4 is 17.7 Å². The van der Waals surface area contributed by atoms with Crippen LogP contribution in [-0.4, -0.2) is 74.4 Å². The number of nitrogens with one attached hydrogen (secondary N) is 2. The summed E-state index contributed by atoms with van der Waals surface area (Å²) in [6, 6.07) is 8.76. The van der Waals surface area contributed by atoms with Crippen molar-refractivity contribution in [1.82, 2.24) is 15.5 Å². The Morgan fingerprint density at radius 3 is 2.86 bits per heavy atom. The highest BCUT2D eigenvalue weighted by Crippen LogP contribution is 2.28. The molecule has 1 aliphatic carbocycles. The molecule has 1 aromatic rings. The van der Waals surface area contributed by atoms with E-state index < -0.39 is 0 Å². The van der Waals surface area contributed by atoms with E-state index in [1.54, 1.807) is 0 Å². The van der Waals surface area contributed by atoms with Gasteiger partial charge in [0.05, 0.1) is 19.8 Å². The van der Waals surface area contributed by atoms with E-state index in [0.717, 1.165) is 61.9 Å². The Morgan fingerprint density at radius 2 is 2.10 bits per heavy atom. The van der Waals surface area contributed by atoms with Crippen LogP contribution < -0.4 is 15.4 Å². The maximum absolute atomic E-state index is 6.10. The maximum atomic E-state index is 6.10. The maximum Gasteiger partial charge on any atom is 0.191 e. The highest BCUT2D eigenvalue weighted by atomic mass is 32.2. The molecule has 7 heteroatoms. The SMILES string of the molecule is CCNC(=NCc1ccccc1OCCN1CCOCC1)NC1CCC(SC)C1. The van der Waals surface area contributed by atoms with Gasteiger partial charge in [-0.2, -0.15) is 11.8 Å². The summed E-state index contributed by atoms with van der Waals surface area (Å²) >= 11 is 1.98. The Bertz CT molecular complexity index is 637. The van der Waals surface area contributed by atoms with E-state index in [9.17, 15) is 0 Å². The summed E-state index contributed by atoms with van der Waals surface area (Å²) in [5.74, 6) is 1.84. The summed E-state index contributed by atoms with van der Waals surface area (Å²) in [5.41, 5.74) is 1.13. The smallest absolute Gasteiger partial charge is 0.191 e. The highest BCUT2D eigenvalue weighted by molar-refractivity contribution is 7.99. The zero-order valence-corrected chi connectivity index (χ0v) is 18.7. The van der Waals surface area contributed by atoms with Crippen molar-refractivity contribution in [2.24, 2.45) is 4.99 Å². The van der Waals surface area contributed by atoms with Gasteiger partial charge in [0.2, 0.25) is 0 Å². The number of aliphatic imine (C=N–C) groups is 1. The quantitative estimate of drug-likeness (QED) is 0.473. The lowest BCUT2D eigenvalue weighted by atomic mass is 10.2. The summed E-state index contributed by atoms with van der Waals surface area (Å²) in [6.07, 6.45) is 5.93. The van der Waals surface area contributed by atoms with Crippen LogP contribution in [0.15, 0.2) is 29.3 Å². The molecule has 3 rings (SSSR count). The largest absolute Gasteiger partial charge is 0.492 e. The number of guanidine groups is 1. The molecule has 1 heterocycles. The van der Waals surface area contributed by atoms with Gasteiger partial charge in [-0.05, 0) is 38.5 Å². The van der Waals surface area contributed by atoms with Crippen molar-refractivity contribution in [3.05, 3.63) is 29.8 Å². The molecule has 2 atom stereocenters. The summed E-state index contributed by atoms with van der Waals surface area (Å²) in [5, 5.41) is 7.79. The summed E-state index contributed by atoms with van der Waals surface area (Å²) in [6.45, 7) is 8.84. The first-order valence-corrected chi connectivity index (χ1v) is 12.2. The number of thioether (sulfide) groups is 1. The average molecular weight is 421 g/mol. The van der Waals surface area contributed by atoms with Crippen LogP contribution in [0.25, 0.3) is 0 Å². The topological polar surface area (TPSA) is 58.1 Å². The molecule has 1 saturated carbocycles. The molecule has 162 valence electrons. The van der Waals surface area contributed by atoms with E-state index >= 15 is 0 Å². The van der Waals surface area contributed by atoms with Gasteiger partial charge >= 0.3 is 0 Å². The number of rotatable bonds is 9. The molecule has 1 saturated heterocycles. The molecule has 0 amide bonds. The number of benzene rings is 1. The van der Waals surface area contributed by atoms with E-state index in [-0.39, 0.29) is 0 Å². The third-order valence-corrected chi connectivity index (χ3v) is 6.65. The molecular weight excluding hydrogens is 384 g/mol. The Kier molecular flexibility index (Phi) is 9.44. The van der Waals surface area contributed by atoms with Crippen molar-refractivity contribution in [3.8, 4) is 5.75 Å². The average Bonchev–Trinajstić information content (AvgIpc) is 3.21. The fraction of sp³-hybridized carbons (Fsp3) is 0.682. The molecule has 29 heavy (non-hydrogen) atoms. The van der Waals surface area contributed by atoms with Crippen molar-refractivity contribution in [2.75, 3.05) is 52.3 Å². The Hall–Kier alpha value is -1.44. The third-order valence-electron chi connectivity index (χ3n) is 5.55. The first-order valence-electron chi connectivity index (χ1n) is 10.9. The molecular formula is C22H36N4O2S. The molecule has 6 nitrogen and oxygen atoms in total. The number of hydrogen-bond acceptors (Lipinski definition) is 5. The van der Waals surface area contributed by atoms with Gasteiger partial charge in [0.25, 0.3) is 0 Å². The zero-order chi connectivity index (χ0) is 20.3. The number of morpholine rings is 1. The van der Waals surface area contributed by atoms with Crippen LogP contribution in [0.2, 0.25) is 0 Å². The van der Waals surface area contributed by atoms with Crippen LogP contribution in [0.1, 0.15) is 31.7 Å². The summed E-state index contributed by atoms with van der Waals surface area (Å²) in [7, 11) is 0. The van der Waals surface area contributed by atoms with Crippen LogP contribution in [0.3, 0.4) is 0 Å². The number of para-hydroxylation sites is 1. The first kappa shape index (κ1) is 22.2. The van der Waals surface area contributed by atoms with E-state index in [1.165, 1.54) is 19.3 Å². The number of ether oxygens (including phenoxy) is 2. The molecule has 0 aromatic heterocycles. The standard InChI is InChI=1S/C22H36N4O2S/c1-3-23-22(25-19-8-9-20(16-19)29-2)24-17-18-6-4-5-7-21(18)28-15-12-26-10-13-27-14-11-26/h4-7,19-20H,3,8-17H2,1-2H3,(H2,23,24,25). The lowest BCUT2D eigenvalue weighted by Gasteiger charge is -2.26. The van der Waals surface area contributed by atoms with Gasteiger partial charge < -0.3 is 20.1 Å². The van der Waals surface area contributed by atoms with Crippen LogP contribution in [-0.2, 0) is 11.3 Å². The van der Waals surface area contributed by atoms with Crippen molar-refractivity contribution in [1.29, 1.82) is 0 Å². The molecule has 0 radical (unpaired) electrons. The van der Waals surface area contributed by atoms with Crippen molar-refractivity contribution in [3.63, 3.8) is 0 Å². The third kappa shape index (κ3) is 7.39. The first-order chi connectivity index (χ1) is 14.3. The molecule has 0 bridgehead atoms. The second-order valence-corrected chi connectivity index (χ2v) is 8.76. The molecule has 2 N–H and O–H groups in total. The van der Waals surface area contributed by atoms with Gasteiger partial charge in [0, 0.05) is 43.0 Å². The molecule has 1 aromatic carbocycles. The monoisotopic (exact) mass is 420 g/mol.